The highest BCUT2D eigenvalue weighted by Gasteiger charge is 2.18. The molecule has 0 radical (unpaired) electrons. The normalized spacial score (nSPS) is 18.2. The molecule has 0 saturated heterocycles. The van der Waals surface area contributed by atoms with Crippen molar-refractivity contribution >= 4 is 0 Å². The zero-order chi connectivity index (χ0) is 11.5. The van der Waals surface area contributed by atoms with E-state index in [1.807, 2.05) is 0 Å². The van der Waals surface area contributed by atoms with Crippen LogP contribution in [0.5, 0.6) is 0 Å². The molecule has 2 heteroatoms. The molecule has 2 N–H and O–H groups in total. The molecule has 1 heterocycles. The number of hydrogen-bond acceptors (Lipinski definition) is 2. The first-order valence-corrected chi connectivity index (χ1v) is 6.21. The summed E-state index contributed by atoms with van der Waals surface area (Å²) in [7, 11) is 2.20. The summed E-state index contributed by atoms with van der Waals surface area (Å²) in [5.41, 5.74) is 10.3. The molecule has 0 fully saturated rings. The van der Waals surface area contributed by atoms with Crippen LogP contribution in [-0.4, -0.2) is 25.0 Å². The number of fused-ring (bicyclic) bond motifs is 1. The highest BCUT2D eigenvalue weighted by molar-refractivity contribution is 5.38. The maximum atomic E-state index is 5.66. The van der Waals surface area contributed by atoms with Gasteiger partial charge in [-0.2, -0.15) is 0 Å². The van der Waals surface area contributed by atoms with Crippen LogP contribution >= 0.6 is 0 Å². The molecule has 0 aliphatic carbocycles. The van der Waals surface area contributed by atoms with Crippen LogP contribution in [0.15, 0.2) is 18.2 Å². The second-order valence-electron chi connectivity index (χ2n) is 4.95. The molecule has 0 aromatic heterocycles. The highest BCUT2D eigenvalue weighted by Crippen LogP contribution is 2.28. The summed E-state index contributed by atoms with van der Waals surface area (Å²) in [6.07, 6.45) is 2.27. The molecule has 88 valence electrons. The van der Waals surface area contributed by atoms with Crippen LogP contribution in [0.3, 0.4) is 0 Å². The molecular formula is C14H22N2. The maximum Gasteiger partial charge on any atom is 0.0236 e. The van der Waals surface area contributed by atoms with E-state index in [0.29, 0.717) is 5.92 Å². The fourth-order valence-corrected chi connectivity index (χ4v) is 2.61. The summed E-state index contributed by atoms with van der Waals surface area (Å²) in [6, 6.07) is 6.76. The Labute approximate surface area is 98.4 Å². The van der Waals surface area contributed by atoms with E-state index in [2.05, 4.69) is 37.1 Å². The van der Waals surface area contributed by atoms with Gasteiger partial charge in [-0.05, 0) is 49.0 Å². The van der Waals surface area contributed by atoms with Crippen molar-refractivity contribution in [2.75, 3.05) is 20.1 Å². The topological polar surface area (TPSA) is 29.3 Å². The third-order valence-corrected chi connectivity index (χ3v) is 3.63. The molecule has 1 aliphatic rings. The zero-order valence-electron chi connectivity index (χ0n) is 10.4. The molecule has 16 heavy (non-hydrogen) atoms. The molecule has 0 saturated carbocycles. The highest BCUT2D eigenvalue weighted by atomic mass is 15.1. The van der Waals surface area contributed by atoms with Crippen molar-refractivity contribution in [3.05, 3.63) is 34.9 Å². The fraction of sp³-hybridized carbons (Fsp3) is 0.571. The van der Waals surface area contributed by atoms with Gasteiger partial charge < -0.3 is 10.6 Å². The van der Waals surface area contributed by atoms with E-state index in [9.17, 15) is 0 Å². The minimum Gasteiger partial charge on any atom is -0.330 e. The predicted octanol–water partition coefficient (Wildman–Crippen LogP) is 2.13. The van der Waals surface area contributed by atoms with E-state index in [-0.39, 0.29) is 0 Å². The van der Waals surface area contributed by atoms with Gasteiger partial charge in [0.2, 0.25) is 0 Å². The van der Waals surface area contributed by atoms with Crippen molar-refractivity contribution in [2.24, 2.45) is 5.73 Å². The van der Waals surface area contributed by atoms with Gasteiger partial charge >= 0.3 is 0 Å². The van der Waals surface area contributed by atoms with Crippen LogP contribution in [0.4, 0.5) is 0 Å². The summed E-state index contributed by atoms with van der Waals surface area (Å²) < 4.78 is 0. The molecule has 1 unspecified atom stereocenters. The lowest BCUT2D eigenvalue weighted by atomic mass is 9.87. The van der Waals surface area contributed by atoms with Crippen LogP contribution in [0, 0.1) is 0 Å². The second-order valence-corrected chi connectivity index (χ2v) is 4.95. The van der Waals surface area contributed by atoms with Crippen molar-refractivity contribution in [1.29, 1.82) is 0 Å². The predicted molar refractivity (Wildman–Crippen MR) is 68.6 cm³/mol. The number of nitrogens with zero attached hydrogens (tertiary/aromatic N) is 1. The van der Waals surface area contributed by atoms with Crippen LogP contribution in [0.1, 0.15) is 36.0 Å². The molecule has 2 rings (SSSR count). The van der Waals surface area contributed by atoms with E-state index in [1.54, 1.807) is 11.1 Å². The van der Waals surface area contributed by atoms with Gasteiger partial charge in [0.15, 0.2) is 0 Å². The van der Waals surface area contributed by atoms with Crippen molar-refractivity contribution in [2.45, 2.75) is 32.2 Å². The van der Waals surface area contributed by atoms with E-state index < -0.39 is 0 Å². The number of likely N-dealkylation sites (N-methyl/N-ethyl adjacent to an activating group) is 1. The summed E-state index contributed by atoms with van der Waals surface area (Å²) in [4.78, 5) is 2.40. The van der Waals surface area contributed by atoms with Crippen molar-refractivity contribution < 1.29 is 0 Å². The standard InChI is InChI=1S/C14H22N2/c1-11(6-8-15)13-5-3-4-12-7-9-16(2)10-14(12)13/h3-5,11H,6-10,15H2,1-2H3. The van der Waals surface area contributed by atoms with Crippen LogP contribution in [0.25, 0.3) is 0 Å². The molecule has 0 spiro atoms. The smallest absolute Gasteiger partial charge is 0.0236 e. The summed E-state index contributed by atoms with van der Waals surface area (Å²) in [5.74, 6) is 0.589. The van der Waals surface area contributed by atoms with Crippen molar-refractivity contribution in [3.63, 3.8) is 0 Å². The molecule has 0 bridgehead atoms. The summed E-state index contributed by atoms with van der Waals surface area (Å²) in [5, 5.41) is 0. The third-order valence-electron chi connectivity index (χ3n) is 3.63. The molecule has 1 atom stereocenters. The summed E-state index contributed by atoms with van der Waals surface area (Å²) >= 11 is 0. The lowest BCUT2D eigenvalue weighted by Crippen LogP contribution is -2.27. The molecule has 2 nitrogen and oxygen atoms in total. The second kappa shape index (κ2) is 4.98. The average Bonchev–Trinajstić information content (AvgIpc) is 2.28. The molecule has 1 aromatic carbocycles. The van der Waals surface area contributed by atoms with Gasteiger partial charge in [0.1, 0.15) is 0 Å². The zero-order valence-corrected chi connectivity index (χ0v) is 10.4. The third kappa shape index (κ3) is 2.28. The van der Waals surface area contributed by atoms with Crippen molar-refractivity contribution in [1.82, 2.24) is 4.90 Å². The summed E-state index contributed by atoms with van der Waals surface area (Å²) in [6.45, 7) is 5.35. The van der Waals surface area contributed by atoms with Gasteiger partial charge in [-0.1, -0.05) is 25.1 Å². The molecular weight excluding hydrogens is 196 g/mol. The van der Waals surface area contributed by atoms with Gasteiger partial charge in [-0.25, -0.2) is 0 Å². The molecule has 1 aromatic rings. The first kappa shape index (κ1) is 11.6. The number of hydrogen-bond donors (Lipinski definition) is 1. The first-order chi connectivity index (χ1) is 7.72. The Morgan fingerprint density at radius 2 is 2.25 bits per heavy atom. The number of nitrogens with two attached hydrogens (primary N) is 1. The number of rotatable bonds is 3. The van der Waals surface area contributed by atoms with Gasteiger partial charge in [-0.15, -0.1) is 0 Å². The Morgan fingerprint density at radius 1 is 1.44 bits per heavy atom. The lowest BCUT2D eigenvalue weighted by molar-refractivity contribution is 0.310. The molecule has 0 amide bonds. The van der Waals surface area contributed by atoms with E-state index >= 15 is 0 Å². The molecule has 1 aliphatic heterocycles. The van der Waals surface area contributed by atoms with E-state index in [4.69, 9.17) is 5.73 Å². The van der Waals surface area contributed by atoms with E-state index in [1.165, 1.54) is 18.5 Å². The Bertz CT molecular complexity index is 360. The quantitative estimate of drug-likeness (QED) is 0.842. The fourth-order valence-electron chi connectivity index (χ4n) is 2.61. The maximum absolute atomic E-state index is 5.66. The van der Waals surface area contributed by atoms with E-state index in [0.717, 1.165) is 19.5 Å². The average molecular weight is 218 g/mol. The van der Waals surface area contributed by atoms with Crippen LogP contribution in [0.2, 0.25) is 0 Å². The SMILES string of the molecule is CC(CCN)c1cccc2c1CN(C)CC2. The van der Waals surface area contributed by atoms with Gasteiger partial charge in [0, 0.05) is 13.1 Å². The number of benzene rings is 1. The van der Waals surface area contributed by atoms with Crippen LogP contribution < -0.4 is 5.73 Å². The largest absolute Gasteiger partial charge is 0.330 e. The Hall–Kier alpha value is -0.860. The Kier molecular flexibility index (Phi) is 3.62. The minimum atomic E-state index is 0.589. The Morgan fingerprint density at radius 3 is 3.00 bits per heavy atom. The van der Waals surface area contributed by atoms with Gasteiger partial charge in [0.05, 0.1) is 0 Å². The van der Waals surface area contributed by atoms with Crippen LogP contribution in [-0.2, 0) is 13.0 Å². The first-order valence-electron chi connectivity index (χ1n) is 6.21. The minimum absolute atomic E-state index is 0.589. The van der Waals surface area contributed by atoms with Gasteiger partial charge in [-0.3, -0.25) is 0 Å². The lowest BCUT2D eigenvalue weighted by Gasteiger charge is -2.28. The Balaban J connectivity index is 2.31. The monoisotopic (exact) mass is 218 g/mol. The van der Waals surface area contributed by atoms with Gasteiger partial charge in [0.25, 0.3) is 0 Å². The van der Waals surface area contributed by atoms with Crippen molar-refractivity contribution in [3.8, 4) is 0 Å².